The van der Waals surface area contributed by atoms with E-state index in [-0.39, 0.29) is 5.41 Å². The van der Waals surface area contributed by atoms with Crippen molar-refractivity contribution in [1.82, 2.24) is 44.9 Å². The number of benzene rings is 20. The number of aromatic nitrogens is 9. The van der Waals surface area contributed by atoms with Gasteiger partial charge in [-0.3, -0.25) is 0 Å². The molecule has 4 aliphatic carbocycles. The van der Waals surface area contributed by atoms with Crippen LogP contribution >= 0.6 is 0 Å². The summed E-state index contributed by atoms with van der Waals surface area (Å²) in [6, 6.07) is 173. The second-order valence-electron chi connectivity index (χ2n) is 37.7. The first-order valence-electron chi connectivity index (χ1n) is 49.2. The summed E-state index contributed by atoms with van der Waals surface area (Å²) in [4.78, 5) is 46.3. The van der Waals surface area contributed by atoms with Crippen LogP contribution in [0.5, 0.6) is 0 Å². The Labute approximate surface area is 838 Å². The SMILES string of the molecule is CC1(C)c2ccccc2-c2ccc(-c3nc(-c4cccc(-c5ccc(-c6ccccc6)cc5)c4)nc(-c4cccc5c4Cc4ccccc4-5)n3)cc21.c1ccc(-c2ccc(-c3cccc(-c4nc(-c5ccc(-c6ccccc6)cc5)nc(-c5cccc6c5Cc5ccccc5-6)n4)c3)cc2)cc1.c1ccc(-c2ccc(-c3cccc(-c4nc(-c5ccccc5)nc(-c5cccc6c5Cc5ccccc5-6)n4)c3)cc2)cc1. The molecule has 9 heteroatoms. The molecule has 144 heavy (non-hydrogen) atoms. The van der Waals surface area contributed by atoms with Crippen molar-refractivity contribution in [2.45, 2.75) is 38.5 Å². The summed E-state index contributed by atoms with van der Waals surface area (Å²) < 4.78 is 0. The smallest absolute Gasteiger partial charge is 0.164 e. The Kier molecular flexibility index (Phi) is 22.7. The highest BCUT2D eigenvalue weighted by Crippen LogP contribution is 2.51. The van der Waals surface area contributed by atoms with Crippen molar-refractivity contribution in [3.05, 3.63) is 536 Å². The standard InChI is InChI=1S/C49H35N3.C46H31N3.C40H27N3/c1-49(2)44-21-9-8-18-40(44)41-27-26-37(30-45(41)49)47-50-46(51-48(52-47)42-20-11-19-39-38-17-7-6-14-35(38)29-43(39)42)36-16-10-15-34(28-36)33-24-22-32(23-25-33)31-12-4-3-5-13-31;1-3-11-31(12-4-1)33-21-23-35(24-22-33)37-16-9-17-39(29-37)45-47-44(36-27-25-34(26-28-36)32-13-5-2-6-14-32)48-46(49-45)42-20-10-19-41-40-18-8-7-15-38(40)30-43(41)42;1-3-11-27(12-4-1)28-21-23-29(24-22-28)31-16-9-17-33(25-31)39-41-38(30-13-5-2-6-14-30)42-40(43-39)36-20-10-19-35-34-18-8-7-15-32(34)26-37(35)36/h3-28,30H,29H2,1-2H3;1-29H,30H2;1-25H,26H2. The Morgan fingerprint density at radius 3 is 0.653 bits per heavy atom. The zero-order valence-corrected chi connectivity index (χ0v) is 79.4. The zero-order valence-electron chi connectivity index (χ0n) is 79.4. The minimum Gasteiger partial charge on any atom is -0.208 e. The van der Waals surface area contributed by atoms with E-state index in [9.17, 15) is 0 Å². The first kappa shape index (κ1) is 87.0. The monoisotopic (exact) mass is 1840 g/mol. The van der Waals surface area contributed by atoms with Crippen molar-refractivity contribution in [3.8, 4) is 225 Å². The van der Waals surface area contributed by atoms with Gasteiger partial charge < -0.3 is 0 Å². The van der Waals surface area contributed by atoms with Gasteiger partial charge in [0.15, 0.2) is 52.4 Å². The van der Waals surface area contributed by atoms with Gasteiger partial charge >= 0.3 is 0 Å². The average molecular weight is 1840 g/mol. The molecule has 4 aliphatic rings. The van der Waals surface area contributed by atoms with Crippen LogP contribution in [0, 0.1) is 0 Å². The van der Waals surface area contributed by atoms with Crippen LogP contribution in [0.3, 0.4) is 0 Å². The molecule has 0 amide bonds. The second kappa shape index (κ2) is 37.6. The van der Waals surface area contributed by atoms with Crippen molar-refractivity contribution in [2.75, 3.05) is 0 Å². The summed E-state index contributed by atoms with van der Waals surface area (Å²) in [6.07, 6.45) is 2.59. The molecule has 0 unspecified atom stereocenters. The number of hydrogen-bond donors (Lipinski definition) is 0. The Hall–Kier alpha value is -18.6. The van der Waals surface area contributed by atoms with Crippen molar-refractivity contribution >= 4 is 0 Å². The molecule has 0 atom stereocenters. The highest BCUT2D eigenvalue weighted by Gasteiger charge is 2.36. The fourth-order valence-corrected chi connectivity index (χ4v) is 21.2. The van der Waals surface area contributed by atoms with E-state index in [1.807, 2.05) is 36.4 Å². The molecule has 678 valence electrons. The topological polar surface area (TPSA) is 116 Å². The van der Waals surface area contributed by atoms with E-state index in [1.165, 1.54) is 128 Å². The van der Waals surface area contributed by atoms with Crippen molar-refractivity contribution in [2.24, 2.45) is 0 Å². The van der Waals surface area contributed by atoms with Crippen LogP contribution in [0.25, 0.3) is 225 Å². The maximum Gasteiger partial charge on any atom is 0.164 e. The van der Waals surface area contributed by atoms with Gasteiger partial charge in [-0.2, -0.15) is 0 Å². The summed E-state index contributed by atoms with van der Waals surface area (Å²) in [5.41, 5.74) is 45.9. The highest BCUT2D eigenvalue weighted by molar-refractivity contribution is 5.91. The molecule has 9 nitrogen and oxygen atoms in total. The van der Waals surface area contributed by atoms with E-state index < -0.39 is 0 Å². The number of fused-ring (bicyclic) bond motifs is 12. The molecular weight excluding hydrogens is 1750 g/mol. The van der Waals surface area contributed by atoms with Gasteiger partial charge in [-0.1, -0.05) is 481 Å². The van der Waals surface area contributed by atoms with Crippen LogP contribution in [0.1, 0.15) is 58.4 Å². The molecule has 0 N–H and O–H groups in total. The first-order chi connectivity index (χ1) is 71.1. The molecule has 0 radical (unpaired) electrons. The lowest BCUT2D eigenvalue weighted by atomic mass is 9.82. The third kappa shape index (κ3) is 16.9. The predicted molar refractivity (Wildman–Crippen MR) is 589 cm³/mol. The molecular formula is C135H93N9. The average Bonchev–Trinajstić information content (AvgIpc) is 1.58. The van der Waals surface area contributed by atoms with E-state index in [4.69, 9.17) is 44.9 Å². The molecule has 0 aliphatic heterocycles. The lowest BCUT2D eigenvalue weighted by Crippen LogP contribution is -2.15. The Bertz CT molecular complexity index is 8810. The fourth-order valence-electron chi connectivity index (χ4n) is 21.2. The molecule has 0 spiro atoms. The normalized spacial score (nSPS) is 12.2. The molecule has 0 bridgehead atoms. The van der Waals surface area contributed by atoms with Crippen LogP contribution in [-0.2, 0) is 24.7 Å². The highest BCUT2D eigenvalue weighted by atomic mass is 15.1. The van der Waals surface area contributed by atoms with Crippen molar-refractivity contribution in [1.29, 1.82) is 0 Å². The maximum absolute atomic E-state index is 5.26. The summed E-state index contributed by atoms with van der Waals surface area (Å²) >= 11 is 0. The minimum atomic E-state index is -0.128. The number of hydrogen-bond acceptors (Lipinski definition) is 9. The van der Waals surface area contributed by atoms with Crippen LogP contribution in [0.15, 0.2) is 491 Å². The lowest BCUT2D eigenvalue weighted by molar-refractivity contribution is 0.660. The Morgan fingerprint density at radius 1 is 0.132 bits per heavy atom. The van der Waals surface area contributed by atoms with Gasteiger partial charge in [0.05, 0.1) is 0 Å². The summed E-state index contributed by atoms with van der Waals surface area (Å²) in [6.45, 7) is 4.63. The Morgan fingerprint density at radius 2 is 0.326 bits per heavy atom. The van der Waals surface area contributed by atoms with E-state index >= 15 is 0 Å². The van der Waals surface area contributed by atoms with E-state index in [1.54, 1.807) is 0 Å². The molecule has 20 aromatic carbocycles. The third-order valence-electron chi connectivity index (χ3n) is 28.6. The van der Waals surface area contributed by atoms with E-state index in [0.29, 0.717) is 52.4 Å². The summed E-state index contributed by atoms with van der Waals surface area (Å²) in [5, 5.41) is 0. The van der Waals surface area contributed by atoms with Gasteiger partial charge in [0.25, 0.3) is 0 Å². The van der Waals surface area contributed by atoms with Gasteiger partial charge in [0.2, 0.25) is 0 Å². The van der Waals surface area contributed by atoms with Gasteiger partial charge in [0.1, 0.15) is 0 Å². The Balaban J connectivity index is 0.000000114. The predicted octanol–water partition coefficient (Wildman–Crippen LogP) is 33.3. The second-order valence-corrected chi connectivity index (χ2v) is 37.7. The van der Waals surface area contributed by atoms with Gasteiger partial charge in [0, 0.05) is 55.5 Å². The number of rotatable bonds is 16. The van der Waals surface area contributed by atoms with Gasteiger partial charge in [-0.15, -0.1) is 0 Å². The van der Waals surface area contributed by atoms with Crippen LogP contribution < -0.4 is 0 Å². The van der Waals surface area contributed by atoms with Crippen LogP contribution in [-0.4, -0.2) is 44.9 Å². The van der Waals surface area contributed by atoms with Crippen molar-refractivity contribution < 1.29 is 0 Å². The van der Waals surface area contributed by atoms with E-state index in [0.717, 1.165) is 108 Å². The first-order valence-corrected chi connectivity index (χ1v) is 49.2. The van der Waals surface area contributed by atoms with Gasteiger partial charge in [-0.25, -0.2) is 44.9 Å². The third-order valence-corrected chi connectivity index (χ3v) is 28.6. The van der Waals surface area contributed by atoms with Gasteiger partial charge in [-0.05, 0) is 210 Å². The maximum atomic E-state index is 5.26. The van der Waals surface area contributed by atoms with Crippen molar-refractivity contribution in [3.63, 3.8) is 0 Å². The molecule has 0 saturated carbocycles. The summed E-state index contributed by atoms with van der Waals surface area (Å²) in [5.74, 6) is 6.09. The number of nitrogens with zero attached hydrogens (tertiary/aromatic N) is 9. The molecule has 27 rings (SSSR count). The fraction of sp³-hybridized carbons (Fsp3) is 0.0444. The molecule has 23 aromatic rings. The molecule has 0 fully saturated rings. The van der Waals surface area contributed by atoms with E-state index in [2.05, 4.69) is 469 Å². The van der Waals surface area contributed by atoms with Crippen LogP contribution in [0.2, 0.25) is 0 Å². The zero-order chi connectivity index (χ0) is 96.0. The largest absolute Gasteiger partial charge is 0.208 e. The minimum absolute atomic E-state index is 0.128. The molecule has 0 saturated heterocycles. The lowest BCUT2D eigenvalue weighted by Gasteiger charge is -2.21. The summed E-state index contributed by atoms with van der Waals surface area (Å²) in [7, 11) is 0. The van der Waals surface area contributed by atoms with Crippen LogP contribution in [0.4, 0.5) is 0 Å². The quantitative estimate of drug-likeness (QED) is 0.0932. The molecule has 3 aromatic heterocycles. The molecule has 3 heterocycles.